The number of aromatic nitrogens is 3. The van der Waals surface area contributed by atoms with Crippen molar-refractivity contribution in [2.45, 2.75) is 73.1 Å². The minimum Gasteiger partial charge on any atom is -0.378 e. The summed E-state index contributed by atoms with van der Waals surface area (Å²) in [7, 11) is 0. The smallest absolute Gasteiger partial charge is 0.273 e. The van der Waals surface area contributed by atoms with E-state index < -0.39 is 5.91 Å². The average molecular weight is 487 g/mol. The van der Waals surface area contributed by atoms with Gasteiger partial charge >= 0.3 is 0 Å². The third kappa shape index (κ3) is 11.3. The van der Waals surface area contributed by atoms with Crippen LogP contribution >= 0.6 is 0 Å². The highest BCUT2D eigenvalue weighted by Gasteiger charge is 2.18. The summed E-state index contributed by atoms with van der Waals surface area (Å²) in [5.74, 6) is -0.118. The largest absolute Gasteiger partial charge is 0.378 e. The first-order valence-corrected chi connectivity index (χ1v) is 12.6. The monoisotopic (exact) mass is 486 g/mol. The van der Waals surface area contributed by atoms with Crippen molar-refractivity contribution in [2.24, 2.45) is 5.73 Å². The molecule has 0 radical (unpaired) electrons. The topological polar surface area (TPSA) is 123 Å². The van der Waals surface area contributed by atoms with Crippen LogP contribution in [0.3, 0.4) is 0 Å². The van der Waals surface area contributed by atoms with Crippen molar-refractivity contribution >= 4 is 23.3 Å². The van der Waals surface area contributed by atoms with Crippen molar-refractivity contribution < 1.29 is 14.3 Å². The lowest BCUT2D eigenvalue weighted by Crippen LogP contribution is -2.40. The molecule has 3 N–H and O–H groups in total. The number of carbonyl (C=O) groups excluding carboxylic acids is 2. The molecule has 1 aliphatic rings. The van der Waals surface area contributed by atoms with Crippen molar-refractivity contribution in [3.05, 3.63) is 41.3 Å². The Kier molecular flexibility index (Phi) is 14.9. The number of primary amides is 1. The first kappa shape index (κ1) is 30.0. The highest BCUT2D eigenvalue weighted by molar-refractivity contribution is 5.96. The van der Waals surface area contributed by atoms with Crippen LogP contribution < -0.4 is 11.1 Å². The van der Waals surface area contributed by atoms with Crippen molar-refractivity contribution in [2.75, 3.05) is 31.6 Å². The molecular formula is C26H42N6O3. The Labute approximate surface area is 209 Å². The van der Waals surface area contributed by atoms with E-state index in [1.807, 2.05) is 0 Å². The summed E-state index contributed by atoms with van der Waals surface area (Å²) in [6, 6.07) is 6.89. The van der Waals surface area contributed by atoms with Gasteiger partial charge < -0.3 is 20.7 Å². The Morgan fingerprint density at radius 2 is 1.54 bits per heavy atom. The highest BCUT2D eigenvalue weighted by atomic mass is 16.5. The van der Waals surface area contributed by atoms with Gasteiger partial charge in [0, 0.05) is 24.3 Å². The number of rotatable bonds is 8. The second-order valence-electron chi connectivity index (χ2n) is 8.30. The van der Waals surface area contributed by atoms with Gasteiger partial charge in [-0.1, -0.05) is 66.2 Å². The van der Waals surface area contributed by atoms with Gasteiger partial charge in [-0.05, 0) is 31.2 Å². The van der Waals surface area contributed by atoms with Crippen LogP contribution in [0.5, 0.6) is 0 Å². The predicted molar refractivity (Wildman–Crippen MR) is 140 cm³/mol. The van der Waals surface area contributed by atoms with Gasteiger partial charge in [-0.2, -0.15) is 0 Å². The summed E-state index contributed by atoms with van der Waals surface area (Å²) in [5.41, 5.74) is 6.48. The molecule has 1 aliphatic heterocycles. The minimum atomic E-state index is -0.721. The van der Waals surface area contributed by atoms with Gasteiger partial charge in [0.1, 0.15) is 5.82 Å². The normalized spacial score (nSPS) is 12.5. The minimum absolute atomic E-state index is 0.0350. The molecule has 1 fully saturated rings. The van der Waals surface area contributed by atoms with E-state index in [1.54, 1.807) is 36.1 Å². The Morgan fingerprint density at radius 1 is 0.971 bits per heavy atom. The summed E-state index contributed by atoms with van der Waals surface area (Å²) in [5, 5.41) is 10.5. The first-order chi connectivity index (χ1) is 16.9. The molecule has 35 heavy (non-hydrogen) atoms. The Bertz CT molecular complexity index is 879. The molecule has 0 saturated carbocycles. The lowest BCUT2D eigenvalue weighted by Gasteiger charge is -2.26. The van der Waals surface area contributed by atoms with Crippen LogP contribution in [0.25, 0.3) is 0 Å². The van der Waals surface area contributed by atoms with E-state index >= 15 is 0 Å². The van der Waals surface area contributed by atoms with Crippen LogP contribution in [0.1, 0.15) is 92.9 Å². The zero-order chi connectivity index (χ0) is 26.1. The molecule has 2 aromatic rings. The number of unbranched alkanes of at least 4 members (excludes halogenated alkanes) is 4. The number of morpholine rings is 1. The van der Waals surface area contributed by atoms with Crippen molar-refractivity contribution in [3.63, 3.8) is 0 Å². The molecule has 1 aromatic carbocycles. The zero-order valence-corrected chi connectivity index (χ0v) is 22.0. The lowest BCUT2D eigenvalue weighted by molar-refractivity contribution is 0.0303. The number of nitrogens with two attached hydrogens (primary N) is 1. The number of hydrogen-bond donors (Lipinski definition) is 2. The van der Waals surface area contributed by atoms with Crippen LogP contribution in [0.2, 0.25) is 0 Å². The number of carbonyl (C=O) groups is 2. The van der Waals surface area contributed by atoms with Crippen LogP contribution in [0.4, 0.5) is 11.5 Å². The molecule has 194 valence electrons. The van der Waals surface area contributed by atoms with Gasteiger partial charge in [0.25, 0.3) is 11.8 Å². The van der Waals surface area contributed by atoms with Crippen LogP contribution in [0.15, 0.2) is 24.3 Å². The van der Waals surface area contributed by atoms with Gasteiger partial charge in [0.15, 0.2) is 11.5 Å². The van der Waals surface area contributed by atoms with Gasteiger partial charge in [-0.3, -0.25) is 9.59 Å². The zero-order valence-electron chi connectivity index (χ0n) is 22.0. The van der Waals surface area contributed by atoms with E-state index in [1.165, 1.54) is 38.5 Å². The molecule has 0 aliphatic carbocycles. The van der Waals surface area contributed by atoms with Gasteiger partial charge in [-0.25, -0.2) is 4.98 Å². The molecule has 3 rings (SSSR count). The maximum absolute atomic E-state index is 12.4. The summed E-state index contributed by atoms with van der Waals surface area (Å²) in [6.07, 6.45) is 8.26. The number of nitrogens with one attached hydrogen (secondary N) is 1. The maximum atomic E-state index is 12.4. The SMILES string of the molecule is CCC.CCCCCCC.Cc1nnc(C(N)=O)c(Nc2ccc(C(=O)N3CCOCC3)cc2)n1. The number of nitrogens with zero attached hydrogens (tertiary/aromatic N) is 4. The number of amides is 2. The Hall–Kier alpha value is -3.07. The average Bonchev–Trinajstić information content (AvgIpc) is 2.86. The molecule has 0 atom stereocenters. The fourth-order valence-corrected chi connectivity index (χ4v) is 3.12. The number of aryl methyl sites for hydroxylation is 1. The third-order valence-electron chi connectivity index (χ3n) is 4.93. The number of benzene rings is 1. The quantitative estimate of drug-likeness (QED) is 0.509. The molecule has 1 aromatic heterocycles. The van der Waals surface area contributed by atoms with Gasteiger partial charge in [0.05, 0.1) is 13.2 Å². The molecule has 2 amide bonds. The van der Waals surface area contributed by atoms with E-state index in [-0.39, 0.29) is 17.4 Å². The number of ether oxygens (including phenoxy) is 1. The fourth-order valence-electron chi connectivity index (χ4n) is 3.12. The van der Waals surface area contributed by atoms with Gasteiger partial charge in [0.2, 0.25) is 0 Å². The molecule has 0 bridgehead atoms. The molecular weight excluding hydrogens is 444 g/mol. The second kappa shape index (κ2) is 17.4. The summed E-state index contributed by atoms with van der Waals surface area (Å²) in [6.45, 7) is 12.7. The maximum Gasteiger partial charge on any atom is 0.273 e. The van der Waals surface area contributed by atoms with E-state index in [9.17, 15) is 9.59 Å². The van der Waals surface area contributed by atoms with E-state index in [0.717, 1.165) is 0 Å². The highest BCUT2D eigenvalue weighted by Crippen LogP contribution is 2.18. The molecule has 2 heterocycles. The van der Waals surface area contributed by atoms with E-state index in [4.69, 9.17) is 10.5 Å². The number of anilines is 2. The molecule has 0 spiro atoms. The van der Waals surface area contributed by atoms with Gasteiger partial charge in [-0.15, -0.1) is 10.2 Å². The van der Waals surface area contributed by atoms with Crippen LogP contribution in [-0.2, 0) is 4.74 Å². The third-order valence-corrected chi connectivity index (χ3v) is 4.93. The predicted octanol–water partition coefficient (Wildman–Crippen LogP) is 4.89. The summed E-state index contributed by atoms with van der Waals surface area (Å²) >= 11 is 0. The Balaban J connectivity index is 0.000000521. The fraction of sp³-hybridized carbons (Fsp3) is 0.577. The summed E-state index contributed by atoms with van der Waals surface area (Å²) < 4.78 is 5.25. The lowest BCUT2D eigenvalue weighted by atomic mass is 10.1. The summed E-state index contributed by atoms with van der Waals surface area (Å²) in [4.78, 5) is 29.7. The van der Waals surface area contributed by atoms with Crippen molar-refractivity contribution in [1.29, 1.82) is 0 Å². The van der Waals surface area contributed by atoms with E-state index in [2.05, 4.69) is 48.2 Å². The number of hydrogen-bond acceptors (Lipinski definition) is 7. The first-order valence-electron chi connectivity index (χ1n) is 12.6. The van der Waals surface area contributed by atoms with Crippen molar-refractivity contribution in [3.8, 4) is 0 Å². The Morgan fingerprint density at radius 3 is 2.06 bits per heavy atom. The standard InChI is InChI=1S/C16H18N6O3.C7H16.C3H8/c1-10-18-15(13(14(17)23)21-20-10)19-12-4-2-11(3-5-12)16(24)22-6-8-25-9-7-22;1-3-5-7-6-4-2;1-3-2/h2-5H,6-9H2,1H3,(H2,17,23)(H,18,19,20);3-7H2,1-2H3;3H2,1-2H3. The van der Waals surface area contributed by atoms with Crippen molar-refractivity contribution in [1.82, 2.24) is 20.1 Å². The van der Waals surface area contributed by atoms with Crippen LogP contribution in [0, 0.1) is 6.92 Å². The van der Waals surface area contributed by atoms with E-state index in [0.29, 0.717) is 43.4 Å². The molecule has 1 saturated heterocycles. The molecule has 9 heteroatoms. The van der Waals surface area contributed by atoms with Crippen LogP contribution in [-0.4, -0.2) is 58.2 Å². The molecule has 0 unspecified atom stereocenters. The second-order valence-corrected chi connectivity index (χ2v) is 8.30. The molecule has 9 nitrogen and oxygen atoms in total.